The van der Waals surface area contributed by atoms with E-state index in [2.05, 4.69) is 24.1 Å². The molecule has 0 radical (unpaired) electrons. The summed E-state index contributed by atoms with van der Waals surface area (Å²) < 4.78 is 15.3. The number of ether oxygens (including phenoxy) is 3. The van der Waals surface area contributed by atoms with Crippen molar-refractivity contribution in [2.75, 3.05) is 53.1 Å². The molecule has 1 atom stereocenters. The van der Waals surface area contributed by atoms with Gasteiger partial charge < -0.3 is 29.2 Å². The average Bonchev–Trinajstić information content (AvgIpc) is 2.62. The van der Waals surface area contributed by atoms with Crippen molar-refractivity contribution in [3.05, 3.63) is 0 Å². The van der Waals surface area contributed by atoms with Crippen LogP contribution in [0.2, 0.25) is 0 Å². The van der Waals surface area contributed by atoms with Crippen molar-refractivity contribution in [3.63, 3.8) is 0 Å². The van der Waals surface area contributed by atoms with E-state index in [4.69, 9.17) is 14.2 Å². The molecule has 152 valence electrons. The number of Topliss-reactive ketones (excluding diaryl/α,β-unsaturated/α-hetero) is 1. The fraction of sp³-hybridized carbons (Fsp3) is 0.833. The highest BCUT2D eigenvalue weighted by atomic mass is 16.6. The standard InChI is InChI=1S/C18H34N2O6/c1-5-20(6-2)11-7-10-19-18(23)26-14-16(12-24-4)13-25-17(22)9-8-15(3)21/h16H,5-14H2,1-4H3,(H,19,23). The number of nitrogens with one attached hydrogen (secondary N) is 1. The van der Waals surface area contributed by atoms with Gasteiger partial charge in [0, 0.05) is 20.1 Å². The Balaban J connectivity index is 3.97. The smallest absolute Gasteiger partial charge is 0.407 e. The minimum absolute atomic E-state index is 0.0584. The SMILES string of the molecule is CCN(CC)CCCNC(=O)OCC(COC)COC(=O)CCC(C)=O. The Hall–Kier alpha value is -1.67. The number of nitrogens with zero attached hydrogens (tertiary/aromatic N) is 1. The van der Waals surface area contributed by atoms with Crippen molar-refractivity contribution in [2.24, 2.45) is 5.92 Å². The first-order chi connectivity index (χ1) is 12.4. The third-order valence-electron chi connectivity index (χ3n) is 3.83. The molecule has 0 aliphatic carbocycles. The van der Waals surface area contributed by atoms with Crippen molar-refractivity contribution in [3.8, 4) is 0 Å². The van der Waals surface area contributed by atoms with Gasteiger partial charge in [-0.15, -0.1) is 0 Å². The van der Waals surface area contributed by atoms with E-state index in [1.807, 2.05) is 0 Å². The third kappa shape index (κ3) is 13.6. The normalized spacial score (nSPS) is 11.9. The van der Waals surface area contributed by atoms with Crippen LogP contribution in [0.5, 0.6) is 0 Å². The van der Waals surface area contributed by atoms with E-state index in [-0.39, 0.29) is 37.8 Å². The van der Waals surface area contributed by atoms with Crippen LogP contribution in [0, 0.1) is 5.92 Å². The van der Waals surface area contributed by atoms with E-state index in [1.165, 1.54) is 14.0 Å². The van der Waals surface area contributed by atoms with Crippen molar-refractivity contribution in [1.82, 2.24) is 10.2 Å². The molecule has 8 nitrogen and oxygen atoms in total. The maximum atomic E-state index is 11.7. The maximum Gasteiger partial charge on any atom is 0.407 e. The Kier molecular flexibility index (Phi) is 14.6. The largest absolute Gasteiger partial charge is 0.465 e. The fourth-order valence-corrected chi connectivity index (χ4v) is 2.22. The predicted molar refractivity (Wildman–Crippen MR) is 98.0 cm³/mol. The number of hydrogen-bond donors (Lipinski definition) is 1. The van der Waals surface area contributed by atoms with Crippen molar-refractivity contribution in [1.29, 1.82) is 0 Å². The van der Waals surface area contributed by atoms with E-state index in [0.717, 1.165) is 26.1 Å². The predicted octanol–water partition coefficient (Wildman–Crippen LogP) is 1.62. The van der Waals surface area contributed by atoms with Crippen LogP contribution >= 0.6 is 0 Å². The second kappa shape index (κ2) is 15.6. The van der Waals surface area contributed by atoms with Crippen LogP contribution in [0.3, 0.4) is 0 Å². The monoisotopic (exact) mass is 374 g/mol. The molecule has 0 fully saturated rings. The molecule has 1 amide bonds. The second-order valence-electron chi connectivity index (χ2n) is 6.11. The number of rotatable bonds is 15. The van der Waals surface area contributed by atoms with Crippen molar-refractivity contribution < 1.29 is 28.6 Å². The molecular weight excluding hydrogens is 340 g/mol. The summed E-state index contributed by atoms with van der Waals surface area (Å²) in [5.74, 6) is -0.749. The van der Waals surface area contributed by atoms with Gasteiger partial charge in [0.1, 0.15) is 12.4 Å². The first-order valence-corrected chi connectivity index (χ1v) is 9.19. The first kappa shape index (κ1) is 24.3. The minimum Gasteiger partial charge on any atom is -0.465 e. The third-order valence-corrected chi connectivity index (χ3v) is 3.83. The molecule has 0 aromatic heterocycles. The number of amides is 1. The van der Waals surface area contributed by atoms with Crippen LogP contribution in [0.15, 0.2) is 0 Å². The van der Waals surface area contributed by atoms with Crippen molar-refractivity contribution >= 4 is 17.8 Å². The van der Waals surface area contributed by atoms with Crippen LogP contribution in [-0.4, -0.2) is 75.9 Å². The van der Waals surface area contributed by atoms with Gasteiger partial charge in [-0.1, -0.05) is 13.8 Å². The zero-order valence-corrected chi connectivity index (χ0v) is 16.5. The molecule has 0 aliphatic heterocycles. The van der Waals surface area contributed by atoms with Gasteiger partial charge in [-0.3, -0.25) is 4.79 Å². The topological polar surface area (TPSA) is 94.2 Å². The van der Waals surface area contributed by atoms with Crippen LogP contribution in [0.25, 0.3) is 0 Å². The number of carbonyl (C=O) groups is 3. The van der Waals surface area contributed by atoms with Gasteiger partial charge in [-0.25, -0.2) is 4.79 Å². The van der Waals surface area contributed by atoms with E-state index in [1.54, 1.807) is 0 Å². The molecule has 0 saturated heterocycles. The van der Waals surface area contributed by atoms with Gasteiger partial charge in [-0.05, 0) is 33.0 Å². The summed E-state index contributed by atoms with van der Waals surface area (Å²) in [7, 11) is 1.53. The quantitative estimate of drug-likeness (QED) is 0.344. The molecular formula is C18H34N2O6. The van der Waals surface area contributed by atoms with Gasteiger partial charge in [0.2, 0.25) is 0 Å². The molecule has 0 aliphatic rings. The molecule has 26 heavy (non-hydrogen) atoms. The van der Waals surface area contributed by atoms with Crippen LogP contribution in [0.4, 0.5) is 4.79 Å². The highest BCUT2D eigenvalue weighted by molar-refractivity contribution is 5.80. The molecule has 0 aromatic rings. The molecule has 1 N–H and O–H groups in total. The Morgan fingerprint density at radius 2 is 1.65 bits per heavy atom. The maximum absolute atomic E-state index is 11.7. The van der Waals surface area contributed by atoms with Gasteiger partial charge in [0.25, 0.3) is 0 Å². The number of carbonyl (C=O) groups excluding carboxylic acids is 3. The van der Waals surface area contributed by atoms with Crippen molar-refractivity contribution in [2.45, 2.75) is 40.0 Å². The number of hydrogen-bond acceptors (Lipinski definition) is 7. The zero-order valence-electron chi connectivity index (χ0n) is 16.5. The van der Waals surface area contributed by atoms with E-state index in [0.29, 0.717) is 13.2 Å². The number of methoxy groups -OCH3 is 1. The molecule has 1 unspecified atom stereocenters. The molecule has 0 aromatic carbocycles. The summed E-state index contributed by atoms with van der Waals surface area (Å²) in [6.45, 7) is 9.57. The summed E-state index contributed by atoms with van der Waals surface area (Å²) in [6, 6.07) is 0. The van der Waals surface area contributed by atoms with Crippen LogP contribution < -0.4 is 5.32 Å². The summed E-state index contributed by atoms with van der Waals surface area (Å²) >= 11 is 0. The molecule has 0 spiro atoms. The Morgan fingerprint density at radius 1 is 1.00 bits per heavy atom. The van der Waals surface area contributed by atoms with E-state index < -0.39 is 12.1 Å². The number of ketones is 1. The lowest BCUT2D eigenvalue weighted by atomic mass is 10.2. The summed E-state index contributed by atoms with van der Waals surface area (Å²) in [4.78, 5) is 36.4. The van der Waals surface area contributed by atoms with Gasteiger partial charge >= 0.3 is 12.1 Å². The lowest BCUT2D eigenvalue weighted by Gasteiger charge is -2.18. The van der Waals surface area contributed by atoms with Crippen LogP contribution in [-0.2, 0) is 23.8 Å². The van der Waals surface area contributed by atoms with Gasteiger partial charge in [0.15, 0.2) is 0 Å². The molecule has 0 heterocycles. The molecule has 0 rings (SSSR count). The van der Waals surface area contributed by atoms with Gasteiger partial charge in [0.05, 0.1) is 25.6 Å². The highest BCUT2D eigenvalue weighted by Crippen LogP contribution is 2.03. The van der Waals surface area contributed by atoms with E-state index >= 15 is 0 Å². The van der Waals surface area contributed by atoms with E-state index in [9.17, 15) is 14.4 Å². The minimum atomic E-state index is -0.492. The average molecular weight is 374 g/mol. The Bertz CT molecular complexity index is 412. The molecule has 8 heteroatoms. The summed E-state index contributed by atoms with van der Waals surface area (Å²) in [6.07, 6.45) is 0.586. The second-order valence-corrected chi connectivity index (χ2v) is 6.11. The lowest BCUT2D eigenvalue weighted by molar-refractivity contribution is -0.147. The van der Waals surface area contributed by atoms with Gasteiger partial charge in [-0.2, -0.15) is 0 Å². The molecule has 0 bridgehead atoms. The lowest BCUT2D eigenvalue weighted by Crippen LogP contribution is -2.32. The fourth-order valence-electron chi connectivity index (χ4n) is 2.22. The Labute approximate surface area is 156 Å². The summed E-state index contributed by atoms with van der Waals surface area (Å²) in [5.41, 5.74) is 0. The Morgan fingerprint density at radius 3 is 2.23 bits per heavy atom. The zero-order chi connectivity index (χ0) is 19.8. The summed E-state index contributed by atoms with van der Waals surface area (Å²) in [5, 5.41) is 2.71. The number of esters is 1. The highest BCUT2D eigenvalue weighted by Gasteiger charge is 2.15. The molecule has 0 saturated carbocycles. The first-order valence-electron chi connectivity index (χ1n) is 9.19. The van der Waals surface area contributed by atoms with Crippen LogP contribution in [0.1, 0.15) is 40.0 Å². The number of alkyl carbamates (subject to hydrolysis) is 1.